The zero-order valence-electron chi connectivity index (χ0n) is 14.5. The average molecular weight is 367 g/mol. The fourth-order valence-corrected chi connectivity index (χ4v) is 3.00. The Morgan fingerprint density at radius 1 is 1.07 bits per heavy atom. The van der Waals surface area contributed by atoms with Crippen LogP contribution in [0.15, 0.2) is 59.5 Å². The van der Waals surface area contributed by atoms with Gasteiger partial charge in [-0.15, -0.1) is 0 Å². The molecule has 4 rings (SSSR count). The van der Waals surface area contributed by atoms with Gasteiger partial charge in [-0.3, -0.25) is 4.79 Å². The number of piperazine rings is 1. The van der Waals surface area contributed by atoms with Crippen molar-refractivity contribution in [2.75, 3.05) is 36.4 Å². The van der Waals surface area contributed by atoms with Crippen LogP contribution in [0.2, 0.25) is 0 Å². The Labute approximate surface area is 155 Å². The molecule has 1 aliphatic heterocycles. The summed E-state index contributed by atoms with van der Waals surface area (Å²) in [6, 6.07) is 11.4. The van der Waals surface area contributed by atoms with Crippen LogP contribution >= 0.6 is 0 Å². The molecule has 138 valence electrons. The van der Waals surface area contributed by atoms with E-state index in [-0.39, 0.29) is 11.7 Å². The number of hydrogen-bond acceptors (Lipinski definition) is 6. The summed E-state index contributed by atoms with van der Waals surface area (Å²) in [6.45, 7) is 2.47. The zero-order valence-corrected chi connectivity index (χ0v) is 14.5. The Kier molecular flexibility index (Phi) is 4.69. The number of aromatic nitrogens is 2. The highest BCUT2D eigenvalue weighted by atomic mass is 19.1. The predicted octanol–water partition coefficient (Wildman–Crippen LogP) is 2.91. The second-order valence-corrected chi connectivity index (χ2v) is 6.15. The summed E-state index contributed by atoms with van der Waals surface area (Å²) >= 11 is 0. The fraction of sp³-hybridized carbons (Fsp3) is 0.211. The summed E-state index contributed by atoms with van der Waals surface area (Å²) in [7, 11) is 0. The molecule has 3 heterocycles. The maximum atomic E-state index is 13.3. The molecule has 1 aromatic carbocycles. The highest BCUT2D eigenvalue weighted by Crippen LogP contribution is 2.20. The van der Waals surface area contributed by atoms with Crippen molar-refractivity contribution in [3.63, 3.8) is 0 Å². The smallest absolute Gasteiger partial charge is 0.289 e. The lowest BCUT2D eigenvalue weighted by Crippen LogP contribution is -2.49. The first-order chi connectivity index (χ1) is 13.2. The highest BCUT2D eigenvalue weighted by molar-refractivity contribution is 5.91. The fourth-order valence-electron chi connectivity index (χ4n) is 3.00. The first-order valence-electron chi connectivity index (χ1n) is 8.61. The first-order valence-corrected chi connectivity index (χ1v) is 8.61. The van der Waals surface area contributed by atoms with Gasteiger partial charge in [-0.1, -0.05) is 6.07 Å². The second-order valence-electron chi connectivity index (χ2n) is 6.15. The van der Waals surface area contributed by atoms with Gasteiger partial charge in [0, 0.05) is 37.9 Å². The van der Waals surface area contributed by atoms with Crippen molar-refractivity contribution in [1.82, 2.24) is 14.9 Å². The molecule has 1 aliphatic rings. The summed E-state index contributed by atoms with van der Waals surface area (Å²) in [5.74, 6) is 1.28. The van der Waals surface area contributed by atoms with Gasteiger partial charge in [0.1, 0.15) is 23.8 Å². The van der Waals surface area contributed by atoms with Crippen LogP contribution in [-0.4, -0.2) is 47.0 Å². The Morgan fingerprint density at radius 2 is 1.93 bits per heavy atom. The van der Waals surface area contributed by atoms with Gasteiger partial charge in [-0.25, -0.2) is 14.4 Å². The maximum absolute atomic E-state index is 13.3. The van der Waals surface area contributed by atoms with E-state index in [9.17, 15) is 9.18 Å². The summed E-state index contributed by atoms with van der Waals surface area (Å²) < 4.78 is 18.5. The van der Waals surface area contributed by atoms with E-state index < -0.39 is 0 Å². The molecule has 0 bridgehead atoms. The normalized spacial score (nSPS) is 14.3. The molecule has 1 saturated heterocycles. The number of amides is 1. The van der Waals surface area contributed by atoms with Crippen molar-refractivity contribution >= 4 is 23.2 Å². The number of furan rings is 1. The molecular weight excluding hydrogens is 349 g/mol. The molecule has 0 atom stereocenters. The summed E-state index contributed by atoms with van der Waals surface area (Å²) in [5, 5.41) is 3.08. The Hall–Kier alpha value is -3.42. The van der Waals surface area contributed by atoms with Crippen molar-refractivity contribution in [2.45, 2.75) is 0 Å². The average Bonchev–Trinajstić information content (AvgIpc) is 3.23. The minimum atomic E-state index is -0.313. The molecule has 1 fully saturated rings. The quantitative estimate of drug-likeness (QED) is 0.764. The van der Waals surface area contributed by atoms with Gasteiger partial charge in [-0.2, -0.15) is 0 Å². The van der Waals surface area contributed by atoms with Crippen LogP contribution in [0.1, 0.15) is 10.6 Å². The maximum Gasteiger partial charge on any atom is 0.289 e. The van der Waals surface area contributed by atoms with Gasteiger partial charge in [0.05, 0.1) is 6.26 Å². The van der Waals surface area contributed by atoms with Crippen LogP contribution in [0, 0.1) is 5.82 Å². The van der Waals surface area contributed by atoms with E-state index in [1.165, 1.54) is 24.7 Å². The molecule has 0 unspecified atom stereocenters. The van der Waals surface area contributed by atoms with Crippen LogP contribution in [0.4, 0.5) is 21.7 Å². The van der Waals surface area contributed by atoms with Gasteiger partial charge in [0.25, 0.3) is 5.91 Å². The van der Waals surface area contributed by atoms with Gasteiger partial charge in [-0.05, 0) is 30.3 Å². The minimum absolute atomic E-state index is 0.101. The number of carbonyl (C=O) groups excluding carboxylic acids is 1. The van der Waals surface area contributed by atoms with Crippen LogP contribution in [-0.2, 0) is 0 Å². The second kappa shape index (κ2) is 7.45. The van der Waals surface area contributed by atoms with E-state index in [4.69, 9.17) is 4.42 Å². The van der Waals surface area contributed by atoms with E-state index in [1.54, 1.807) is 29.2 Å². The molecule has 8 heteroatoms. The lowest BCUT2D eigenvalue weighted by molar-refractivity contribution is 0.0714. The van der Waals surface area contributed by atoms with Crippen molar-refractivity contribution in [3.8, 4) is 0 Å². The van der Waals surface area contributed by atoms with Crippen LogP contribution in [0.5, 0.6) is 0 Å². The monoisotopic (exact) mass is 367 g/mol. The van der Waals surface area contributed by atoms with Crippen molar-refractivity contribution in [2.24, 2.45) is 0 Å². The molecule has 1 N–H and O–H groups in total. The minimum Gasteiger partial charge on any atom is -0.459 e. The lowest BCUT2D eigenvalue weighted by Gasteiger charge is -2.35. The molecule has 0 spiro atoms. The third kappa shape index (κ3) is 3.89. The molecule has 0 aliphatic carbocycles. The molecule has 0 radical (unpaired) electrons. The van der Waals surface area contributed by atoms with Crippen LogP contribution in [0.3, 0.4) is 0 Å². The predicted molar refractivity (Wildman–Crippen MR) is 98.5 cm³/mol. The van der Waals surface area contributed by atoms with E-state index in [0.717, 1.165) is 5.82 Å². The number of anilines is 3. The third-order valence-corrected chi connectivity index (χ3v) is 4.37. The number of nitrogens with zero attached hydrogens (tertiary/aromatic N) is 4. The topological polar surface area (TPSA) is 74.5 Å². The molecule has 2 aromatic heterocycles. The van der Waals surface area contributed by atoms with Gasteiger partial charge >= 0.3 is 0 Å². The number of carbonyl (C=O) groups is 1. The Balaban J connectivity index is 1.40. The van der Waals surface area contributed by atoms with Crippen LogP contribution < -0.4 is 10.2 Å². The SMILES string of the molecule is O=C(c1ccco1)N1CCN(c2cc(Nc3cccc(F)c3)ncn2)CC1. The molecule has 7 nitrogen and oxygen atoms in total. The van der Waals surface area contributed by atoms with Crippen molar-refractivity contribution in [1.29, 1.82) is 0 Å². The molecular formula is C19H18FN5O2. The number of halogens is 1. The number of nitrogens with one attached hydrogen (secondary N) is 1. The summed E-state index contributed by atoms with van der Waals surface area (Å²) in [6.07, 6.45) is 2.97. The standard InChI is InChI=1S/C19H18FN5O2/c20-14-3-1-4-15(11-14)23-17-12-18(22-13-21-17)24-6-8-25(9-7-24)19(26)16-5-2-10-27-16/h1-5,10-13H,6-9H2,(H,21,22,23). The largest absolute Gasteiger partial charge is 0.459 e. The van der Waals surface area contributed by atoms with Crippen molar-refractivity contribution in [3.05, 3.63) is 66.6 Å². The molecule has 3 aromatic rings. The summed E-state index contributed by atoms with van der Waals surface area (Å²) in [4.78, 5) is 24.7. The number of hydrogen-bond donors (Lipinski definition) is 1. The van der Waals surface area contributed by atoms with E-state index >= 15 is 0 Å². The van der Waals surface area contributed by atoms with Gasteiger partial charge in [0.2, 0.25) is 0 Å². The highest BCUT2D eigenvalue weighted by Gasteiger charge is 2.24. The Morgan fingerprint density at radius 3 is 2.67 bits per heavy atom. The van der Waals surface area contributed by atoms with Crippen molar-refractivity contribution < 1.29 is 13.6 Å². The summed E-state index contributed by atoms with van der Waals surface area (Å²) in [5.41, 5.74) is 0.619. The zero-order chi connectivity index (χ0) is 18.6. The first kappa shape index (κ1) is 17.0. The third-order valence-electron chi connectivity index (χ3n) is 4.37. The van der Waals surface area contributed by atoms with Crippen LogP contribution in [0.25, 0.3) is 0 Å². The van der Waals surface area contributed by atoms with E-state index in [2.05, 4.69) is 20.2 Å². The van der Waals surface area contributed by atoms with Gasteiger partial charge < -0.3 is 19.5 Å². The van der Waals surface area contributed by atoms with Gasteiger partial charge in [0.15, 0.2) is 5.76 Å². The molecule has 27 heavy (non-hydrogen) atoms. The lowest BCUT2D eigenvalue weighted by atomic mass is 10.2. The Bertz CT molecular complexity index is 923. The van der Waals surface area contributed by atoms with E-state index in [1.807, 2.05) is 6.07 Å². The van der Waals surface area contributed by atoms with E-state index in [0.29, 0.717) is 43.4 Å². The number of rotatable bonds is 4. The molecule has 1 amide bonds. The number of benzene rings is 1. The molecule has 0 saturated carbocycles.